The molecule has 0 radical (unpaired) electrons. The van der Waals surface area contributed by atoms with Gasteiger partial charge in [0.05, 0.1) is 12.1 Å². The topological polar surface area (TPSA) is 37.6 Å². The third-order valence-corrected chi connectivity index (χ3v) is 13.9. The van der Waals surface area contributed by atoms with E-state index in [4.69, 9.17) is 4.43 Å². The molecule has 4 bridgehead atoms. The van der Waals surface area contributed by atoms with Gasteiger partial charge in [0.2, 0.25) is 0 Å². The number of para-hydroxylation sites is 1. The highest BCUT2D eigenvalue weighted by Crippen LogP contribution is 2.55. The lowest BCUT2D eigenvalue weighted by Gasteiger charge is -2.61. The number of aliphatic hydroxyl groups excluding tert-OH is 1. The predicted octanol–water partition coefficient (Wildman–Crippen LogP) is 5.11. The molecule has 0 saturated carbocycles. The molecule has 2 aromatic rings. The molecular weight excluding hydrogens is 400 g/mol. The van der Waals surface area contributed by atoms with E-state index in [0.29, 0.717) is 29.8 Å². The number of rotatable bonds is 4. The third kappa shape index (κ3) is 3.18. The second-order valence-corrected chi connectivity index (χ2v) is 16.8. The largest absolute Gasteiger partial charge is 0.416 e. The fourth-order valence-corrected chi connectivity index (χ4v) is 7.65. The molecule has 170 valence electrons. The van der Waals surface area contributed by atoms with Gasteiger partial charge in [0.25, 0.3) is 0 Å². The van der Waals surface area contributed by atoms with Crippen LogP contribution >= 0.6 is 0 Å². The van der Waals surface area contributed by atoms with Crippen molar-refractivity contribution in [2.75, 3.05) is 13.2 Å². The van der Waals surface area contributed by atoms with Gasteiger partial charge in [-0.25, -0.2) is 0 Å². The van der Waals surface area contributed by atoms with Gasteiger partial charge in [0.15, 0.2) is 8.32 Å². The van der Waals surface area contributed by atoms with E-state index in [1.165, 1.54) is 16.6 Å². The molecule has 1 N–H and O–H groups in total. The fraction of sp³-hybridized carbons (Fsp3) is 0.692. The number of aliphatic hydroxyl groups is 1. The molecule has 1 aromatic heterocycles. The Balaban J connectivity index is 1.53. The van der Waals surface area contributed by atoms with Crippen LogP contribution in [0.1, 0.15) is 51.4 Å². The molecule has 5 heterocycles. The Morgan fingerprint density at radius 1 is 1.23 bits per heavy atom. The van der Waals surface area contributed by atoms with Gasteiger partial charge < -0.3 is 14.1 Å². The number of aryl methyl sites for hydroxylation is 1. The SMILES string of the molecule is CC(O)[C@@H]1CN2[C@H]3C[C@@H]1[C@@H](CO[Si](C)(C)C(C)(C)C)[C@@H]2Cc1c3n(C)c2ccccc12. The maximum atomic E-state index is 10.6. The Morgan fingerprint density at radius 3 is 2.61 bits per heavy atom. The summed E-state index contributed by atoms with van der Waals surface area (Å²) in [6, 6.07) is 9.92. The van der Waals surface area contributed by atoms with E-state index >= 15 is 0 Å². The predicted molar refractivity (Wildman–Crippen MR) is 130 cm³/mol. The second kappa shape index (κ2) is 7.18. The number of aromatic nitrogens is 1. The Morgan fingerprint density at radius 2 is 1.94 bits per heavy atom. The minimum Gasteiger partial charge on any atom is -0.416 e. The quantitative estimate of drug-likeness (QED) is 0.671. The van der Waals surface area contributed by atoms with Crippen molar-refractivity contribution in [3.05, 3.63) is 35.5 Å². The lowest BCUT2D eigenvalue weighted by Crippen LogP contribution is -2.65. The van der Waals surface area contributed by atoms with Crippen LogP contribution in [0.3, 0.4) is 0 Å². The molecule has 1 aromatic carbocycles. The van der Waals surface area contributed by atoms with Crippen LogP contribution < -0.4 is 0 Å². The zero-order valence-electron chi connectivity index (χ0n) is 20.4. The molecule has 4 nitrogen and oxygen atoms in total. The van der Waals surface area contributed by atoms with Gasteiger partial charge in [-0.15, -0.1) is 0 Å². The lowest BCUT2D eigenvalue weighted by atomic mass is 9.61. The van der Waals surface area contributed by atoms with Gasteiger partial charge in [0.1, 0.15) is 0 Å². The Labute approximate surface area is 188 Å². The molecule has 0 aliphatic carbocycles. The molecule has 4 aliphatic heterocycles. The van der Waals surface area contributed by atoms with Gasteiger partial charge in [0, 0.05) is 54.7 Å². The van der Waals surface area contributed by atoms with Gasteiger partial charge in [-0.3, -0.25) is 4.90 Å². The maximum absolute atomic E-state index is 10.6. The van der Waals surface area contributed by atoms with Gasteiger partial charge in [-0.05, 0) is 55.4 Å². The monoisotopic (exact) mass is 440 g/mol. The summed E-state index contributed by atoms with van der Waals surface area (Å²) in [4.78, 5) is 2.75. The molecule has 7 atom stereocenters. The molecular formula is C26H40N2O2Si. The highest BCUT2D eigenvalue weighted by molar-refractivity contribution is 6.74. The van der Waals surface area contributed by atoms with E-state index < -0.39 is 8.32 Å². The van der Waals surface area contributed by atoms with Crippen molar-refractivity contribution >= 4 is 19.2 Å². The van der Waals surface area contributed by atoms with E-state index in [1.807, 2.05) is 6.92 Å². The van der Waals surface area contributed by atoms with E-state index in [9.17, 15) is 5.11 Å². The smallest absolute Gasteiger partial charge is 0.191 e. The van der Waals surface area contributed by atoms with E-state index in [0.717, 1.165) is 26.0 Å². The minimum absolute atomic E-state index is 0.225. The van der Waals surface area contributed by atoms with E-state index in [-0.39, 0.29) is 11.1 Å². The summed E-state index contributed by atoms with van der Waals surface area (Å²) >= 11 is 0. The first-order chi connectivity index (χ1) is 14.5. The summed E-state index contributed by atoms with van der Waals surface area (Å²) in [5.74, 6) is 1.40. The normalized spacial score (nSPS) is 33.5. The van der Waals surface area contributed by atoms with Crippen molar-refractivity contribution in [3.8, 4) is 0 Å². The first-order valence-electron chi connectivity index (χ1n) is 12.1. The molecule has 3 fully saturated rings. The van der Waals surface area contributed by atoms with Crippen molar-refractivity contribution in [3.63, 3.8) is 0 Å². The highest BCUT2D eigenvalue weighted by Gasteiger charge is 2.56. The lowest BCUT2D eigenvalue weighted by molar-refractivity contribution is -0.136. The van der Waals surface area contributed by atoms with Crippen LogP contribution in [-0.4, -0.2) is 48.2 Å². The maximum Gasteiger partial charge on any atom is 0.191 e. The van der Waals surface area contributed by atoms with Crippen molar-refractivity contribution in [2.24, 2.45) is 24.8 Å². The zero-order valence-corrected chi connectivity index (χ0v) is 21.4. The number of benzene rings is 1. The molecule has 5 heteroatoms. The molecule has 31 heavy (non-hydrogen) atoms. The van der Waals surface area contributed by atoms with Gasteiger partial charge >= 0.3 is 0 Å². The summed E-state index contributed by atoms with van der Waals surface area (Å²) in [7, 11) is 0.442. The fourth-order valence-electron chi connectivity index (χ4n) is 6.61. The van der Waals surface area contributed by atoms with Crippen LogP contribution in [0.5, 0.6) is 0 Å². The summed E-state index contributed by atoms with van der Waals surface area (Å²) < 4.78 is 9.26. The second-order valence-electron chi connectivity index (χ2n) is 12.0. The van der Waals surface area contributed by atoms with E-state index in [2.05, 4.69) is 74.6 Å². The summed E-state index contributed by atoms with van der Waals surface area (Å²) in [5, 5.41) is 12.3. The Kier molecular flexibility index (Phi) is 5.02. The van der Waals surface area contributed by atoms with Gasteiger partial charge in [-0.1, -0.05) is 39.0 Å². The van der Waals surface area contributed by atoms with Crippen molar-refractivity contribution in [2.45, 2.75) is 76.9 Å². The van der Waals surface area contributed by atoms with E-state index in [1.54, 1.807) is 5.56 Å². The molecule has 6 rings (SSSR count). The zero-order chi connectivity index (χ0) is 22.3. The first-order valence-corrected chi connectivity index (χ1v) is 15.1. The van der Waals surface area contributed by atoms with Crippen LogP contribution in [0.4, 0.5) is 0 Å². The van der Waals surface area contributed by atoms with Gasteiger partial charge in [-0.2, -0.15) is 0 Å². The molecule has 0 spiro atoms. The number of hydrogen-bond acceptors (Lipinski definition) is 3. The first kappa shape index (κ1) is 21.7. The average molecular weight is 441 g/mol. The highest BCUT2D eigenvalue weighted by atomic mass is 28.4. The molecule has 4 aliphatic rings. The average Bonchev–Trinajstić information content (AvgIpc) is 2.98. The number of nitrogens with zero attached hydrogens (tertiary/aromatic N) is 2. The Hall–Kier alpha value is -1.14. The number of hydrogen-bond donors (Lipinski definition) is 1. The van der Waals surface area contributed by atoms with Crippen molar-refractivity contribution in [1.82, 2.24) is 9.47 Å². The minimum atomic E-state index is -1.80. The Bertz CT molecular complexity index is 989. The number of piperidine rings is 3. The van der Waals surface area contributed by atoms with Crippen LogP contribution in [0.25, 0.3) is 10.9 Å². The van der Waals surface area contributed by atoms with Crippen molar-refractivity contribution in [1.29, 1.82) is 0 Å². The summed E-state index contributed by atoms with van der Waals surface area (Å²) in [6.07, 6.45) is 2.01. The summed E-state index contributed by atoms with van der Waals surface area (Å²) in [5.41, 5.74) is 4.45. The van der Waals surface area contributed by atoms with Crippen LogP contribution in [0.2, 0.25) is 18.1 Å². The third-order valence-electron chi connectivity index (χ3n) is 9.39. The molecule has 0 amide bonds. The molecule has 2 unspecified atom stereocenters. The van der Waals surface area contributed by atoms with Crippen LogP contribution in [0, 0.1) is 17.8 Å². The number of fused-ring (bicyclic) bond motifs is 4. The van der Waals surface area contributed by atoms with Crippen molar-refractivity contribution < 1.29 is 9.53 Å². The molecule has 3 saturated heterocycles. The summed E-state index contributed by atoms with van der Waals surface area (Å²) in [6.45, 7) is 15.6. The van der Waals surface area contributed by atoms with Crippen LogP contribution in [0.15, 0.2) is 24.3 Å². The standard InChI is InChI=1S/C26H40N2O2Si/c1-16(29)20-14-28-23-13-19-17-10-8-9-11-22(17)27(5)25(19)24(28)12-18(20)21(23)15-30-31(6,7)26(2,3)4/h8-11,16,18,20-21,23-24,29H,12-15H2,1-7H3/t16?,18-,20-,21+,23-,24-/m0/s1. The van der Waals surface area contributed by atoms with Crippen LogP contribution in [-0.2, 0) is 17.9 Å².